The Balaban J connectivity index is 1.77. The molecule has 0 atom stereocenters. The molecule has 0 aromatic heterocycles. The molecule has 4 nitrogen and oxygen atoms in total. The van der Waals surface area contributed by atoms with Crippen molar-refractivity contribution in [2.75, 3.05) is 25.0 Å². The van der Waals surface area contributed by atoms with Crippen LogP contribution in [0, 0.1) is 17.2 Å². The van der Waals surface area contributed by atoms with Crippen LogP contribution < -0.4 is 5.32 Å². The molecule has 0 unspecified atom stereocenters. The lowest BCUT2D eigenvalue weighted by molar-refractivity contribution is -0.116. The first kappa shape index (κ1) is 15.5. The summed E-state index contributed by atoms with van der Waals surface area (Å²) in [6, 6.07) is 9.20. The molecule has 1 N–H and O–H groups in total. The molecule has 1 heterocycles. The standard InChI is InChI=1S/C17H23N3O/c1-2-14-7-10-20(11-8-14)12-9-17(21)19-16-6-4-3-5-15(16)13-18/h3-6,14H,2,7-12H2,1H3,(H,19,21). The molecule has 0 bridgehead atoms. The molecule has 2 rings (SSSR count). The Labute approximate surface area is 126 Å². The van der Waals surface area contributed by atoms with Gasteiger partial charge in [-0.05, 0) is 44.0 Å². The number of para-hydroxylation sites is 1. The van der Waals surface area contributed by atoms with Gasteiger partial charge in [-0.1, -0.05) is 25.5 Å². The first-order valence-electron chi connectivity index (χ1n) is 7.74. The van der Waals surface area contributed by atoms with E-state index in [9.17, 15) is 4.79 Å². The van der Waals surface area contributed by atoms with E-state index in [1.165, 1.54) is 19.3 Å². The van der Waals surface area contributed by atoms with E-state index in [4.69, 9.17) is 5.26 Å². The molecular weight excluding hydrogens is 262 g/mol. The lowest BCUT2D eigenvalue weighted by Gasteiger charge is -2.31. The van der Waals surface area contributed by atoms with E-state index in [0.717, 1.165) is 25.6 Å². The lowest BCUT2D eigenvalue weighted by Crippen LogP contribution is -2.35. The number of rotatable bonds is 5. The predicted molar refractivity (Wildman–Crippen MR) is 83.9 cm³/mol. The Bertz CT molecular complexity index is 513. The van der Waals surface area contributed by atoms with Gasteiger partial charge in [-0.3, -0.25) is 4.79 Å². The van der Waals surface area contributed by atoms with Crippen LogP contribution in [0.4, 0.5) is 5.69 Å². The fourth-order valence-electron chi connectivity index (χ4n) is 2.78. The molecule has 0 saturated carbocycles. The highest BCUT2D eigenvalue weighted by Crippen LogP contribution is 2.20. The number of likely N-dealkylation sites (tertiary alicyclic amines) is 1. The monoisotopic (exact) mass is 285 g/mol. The van der Waals surface area contributed by atoms with Gasteiger partial charge in [0.15, 0.2) is 0 Å². The second-order valence-electron chi connectivity index (χ2n) is 5.65. The summed E-state index contributed by atoms with van der Waals surface area (Å²) in [6.07, 6.45) is 4.24. The molecule has 1 amide bonds. The van der Waals surface area contributed by atoms with Crippen LogP contribution in [0.25, 0.3) is 0 Å². The molecule has 1 aliphatic heterocycles. The highest BCUT2D eigenvalue weighted by Gasteiger charge is 2.18. The third-order valence-corrected chi connectivity index (χ3v) is 4.26. The van der Waals surface area contributed by atoms with Crippen molar-refractivity contribution >= 4 is 11.6 Å². The SMILES string of the molecule is CCC1CCN(CCC(=O)Nc2ccccc2C#N)CC1. The van der Waals surface area contributed by atoms with Crippen molar-refractivity contribution in [2.45, 2.75) is 32.6 Å². The minimum absolute atomic E-state index is 0.0182. The number of benzene rings is 1. The summed E-state index contributed by atoms with van der Waals surface area (Å²) in [5.41, 5.74) is 1.12. The van der Waals surface area contributed by atoms with E-state index >= 15 is 0 Å². The summed E-state index contributed by atoms with van der Waals surface area (Å²) in [4.78, 5) is 14.4. The maximum atomic E-state index is 12.0. The van der Waals surface area contributed by atoms with E-state index in [1.807, 2.05) is 6.07 Å². The number of carbonyl (C=O) groups is 1. The number of hydrogen-bond donors (Lipinski definition) is 1. The third kappa shape index (κ3) is 4.57. The molecule has 1 fully saturated rings. The van der Waals surface area contributed by atoms with Crippen molar-refractivity contribution in [3.63, 3.8) is 0 Å². The van der Waals surface area contributed by atoms with Gasteiger partial charge in [-0.25, -0.2) is 0 Å². The zero-order valence-electron chi connectivity index (χ0n) is 12.6. The first-order chi connectivity index (χ1) is 10.2. The van der Waals surface area contributed by atoms with E-state index in [2.05, 4.69) is 23.2 Å². The number of piperidine rings is 1. The van der Waals surface area contributed by atoms with Crippen molar-refractivity contribution in [3.8, 4) is 6.07 Å². The van der Waals surface area contributed by atoms with Gasteiger partial charge in [-0.15, -0.1) is 0 Å². The van der Waals surface area contributed by atoms with Crippen molar-refractivity contribution < 1.29 is 4.79 Å². The molecule has 1 saturated heterocycles. The van der Waals surface area contributed by atoms with Gasteiger partial charge in [0, 0.05) is 13.0 Å². The zero-order valence-corrected chi connectivity index (χ0v) is 12.6. The molecule has 21 heavy (non-hydrogen) atoms. The Morgan fingerprint density at radius 3 is 2.76 bits per heavy atom. The number of nitrogens with one attached hydrogen (secondary N) is 1. The van der Waals surface area contributed by atoms with Crippen molar-refractivity contribution in [3.05, 3.63) is 29.8 Å². The highest BCUT2D eigenvalue weighted by molar-refractivity contribution is 5.92. The second-order valence-corrected chi connectivity index (χ2v) is 5.65. The molecular formula is C17H23N3O. The summed E-state index contributed by atoms with van der Waals surface area (Å²) in [5.74, 6) is 0.841. The summed E-state index contributed by atoms with van der Waals surface area (Å²) < 4.78 is 0. The Hall–Kier alpha value is -1.86. The quantitative estimate of drug-likeness (QED) is 0.904. The van der Waals surface area contributed by atoms with E-state index < -0.39 is 0 Å². The van der Waals surface area contributed by atoms with Gasteiger partial charge >= 0.3 is 0 Å². The lowest BCUT2D eigenvalue weighted by atomic mass is 9.94. The van der Waals surface area contributed by atoms with Crippen molar-refractivity contribution in [1.82, 2.24) is 4.90 Å². The van der Waals surface area contributed by atoms with Crippen LogP contribution in [-0.4, -0.2) is 30.4 Å². The molecule has 112 valence electrons. The maximum absolute atomic E-state index is 12.0. The number of amides is 1. The fourth-order valence-corrected chi connectivity index (χ4v) is 2.78. The number of nitriles is 1. The minimum Gasteiger partial charge on any atom is -0.325 e. The fraction of sp³-hybridized carbons (Fsp3) is 0.529. The number of anilines is 1. The van der Waals surface area contributed by atoms with Gasteiger partial charge in [-0.2, -0.15) is 5.26 Å². The van der Waals surface area contributed by atoms with Gasteiger partial charge in [0.05, 0.1) is 11.3 Å². The van der Waals surface area contributed by atoms with Gasteiger partial charge in [0.25, 0.3) is 0 Å². The molecule has 1 aromatic carbocycles. The van der Waals surface area contributed by atoms with Crippen LogP contribution in [-0.2, 0) is 4.79 Å². The average molecular weight is 285 g/mol. The van der Waals surface area contributed by atoms with Crippen LogP contribution in [0.1, 0.15) is 38.2 Å². The topological polar surface area (TPSA) is 56.1 Å². The smallest absolute Gasteiger partial charge is 0.225 e. The average Bonchev–Trinajstić information content (AvgIpc) is 2.54. The van der Waals surface area contributed by atoms with E-state index in [0.29, 0.717) is 17.7 Å². The van der Waals surface area contributed by atoms with Gasteiger partial charge < -0.3 is 10.2 Å². The van der Waals surface area contributed by atoms with Gasteiger partial charge in [0.1, 0.15) is 6.07 Å². The van der Waals surface area contributed by atoms with Crippen LogP contribution in [0.15, 0.2) is 24.3 Å². The molecule has 0 aliphatic carbocycles. The summed E-state index contributed by atoms with van der Waals surface area (Å²) in [6.45, 7) is 5.25. The molecule has 4 heteroatoms. The molecule has 1 aromatic rings. The van der Waals surface area contributed by atoms with Crippen LogP contribution in [0.5, 0.6) is 0 Å². The number of nitrogens with zero attached hydrogens (tertiary/aromatic N) is 2. The highest BCUT2D eigenvalue weighted by atomic mass is 16.1. The molecule has 0 spiro atoms. The Morgan fingerprint density at radius 1 is 1.38 bits per heavy atom. The Morgan fingerprint density at radius 2 is 2.10 bits per heavy atom. The van der Waals surface area contributed by atoms with Crippen molar-refractivity contribution in [1.29, 1.82) is 5.26 Å². The van der Waals surface area contributed by atoms with Gasteiger partial charge in [0.2, 0.25) is 5.91 Å². The summed E-state index contributed by atoms with van der Waals surface area (Å²) in [7, 11) is 0. The Kier molecular flexibility index (Phi) is 5.77. The third-order valence-electron chi connectivity index (χ3n) is 4.26. The number of carbonyl (C=O) groups excluding carboxylic acids is 1. The van der Waals surface area contributed by atoms with Crippen LogP contribution >= 0.6 is 0 Å². The van der Waals surface area contributed by atoms with Crippen molar-refractivity contribution in [2.24, 2.45) is 5.92 Å². The van der Waals surface area contributed by atoms with Crippen LogP contribution in [0.2, 0.25) is 0 Å². The van der Waals surface area contributed by atoms with E-state index in [1.54, 1.807) is 18.2 Å². The van der Waals surface area contributed by atoms with Crippen LogP contribution in [0.3, 0.4) is 0 Å². The van der Waals surface area contributed by atoms with E-state index in [-0.39, 0.29) is 5.91 Å². The largest absolute Gasteiger partial charge is 0.325 e. The minimum atomic E-state index is -0.0182. The maximum Gasteiger partial charge on any atom is 0.225 e. The normalized spacial score (nSPS) is 16.4. The number of hydrogen-bond acceptors (Lipinski definition) is 3. The zero-order chi connectivity index (χ0) is 15.1. The predicted octanol–water partition coefficient (Wildman–Crippen LogP) is 3.01. The first-order valence-corrected chi connectivity index (χ1v) is 7.74. The summed E-state index contributed by atoms with van der Waals surface area (Å²) in [5, 5.41) is 11.8. The summed E-state index contributed by atoms with van der Waals surface area (Å²) >= 11 is 0. The molecule has 1 aliphatic rings. The molecule has 0 radical (unpaired) electrons. The second kappa shape index (κ2) is 7.80.